The quantitative estimate of drug-likeness (QED) is 0.269. The van der Waals surface area contributed by atoms with E-state index >= 15 is 0 Å². The predicted molar refractivity (Wildman–Crippen MR) is 138 cm³/mol. The summed E-state index contributed by atoms with van der Waals surface area (Å²) in [5.41, 5.74) is 0.632. The minimum atomic E-state index is -2.92. The summed E-state index contributed by atoms with van der Waals surface area (Å²) in [6.45, 7) is 17.3. The summed E-state index contributed by atoms with van der Waals surface area (Å²) in [5, 5.41) is -0.157. The molecule has 0 bridgehead atoms. The van der Waals surface area contributed by atoms with E-state index in [4.69, 9.17) is 39.4 Å². The molecule has 10 heteroatoms. The molecule has 0 radical (unpaired) electrons. The molecule has 0 aliphatic carbocycles. The van der Waals surface area contributed by atoms with Crippen molar-refractivity contribution in [3.8, 4) is 5.75 Å². The van der Waals surface area contributed by atoms with Crippen molar-refractivity contribution in [3.05, 3.63) is 30.3 Å². The zero-order valence-corrected chi connectivity index (χ0v) is 24.2. The summed E-state index contributed by atoms with van der Waals surface area (Å²) in [4.78, 5) is 12.9. The van der Waals surface area contributed by atoms with E-state index < -0.39 is 41.4 Å². The maximum Gasteiger partial charge on any atom is 0.358 e. The van der Waals surface area contributed by atoms with Crippen LogP contribution in [0.5, 0.6) is 5.75 Å². The minimum Gasteiger partial charge on any atom is -0.454 e. The Hall–Kier alpha value is -1.31. The van der Waals surface area contributed by atoms with E-state index in [9.17, 15) is 4.79 Å². The molecule has 34 heavy (non-hydrogen) atoms. The van der Waals surface area contributed by atoms with Gasteiger partial charge in [0.15, 0.2) is 6.10 Å². The second-order valence-corrected chi connectivity index (χ2v) is 19.4. The van der Waals surface area contributed by atoms with Crippen LogP contribution in [0, 0.1) is 0 Å². The van der Waals surface area contributed by atoms with E-state index in [1.807, 2.05) is 18.2 Å². The van der Waals surface area contributed by atoms with Gasteiger partial charge in [0.2, 0.25) is 6.10 Å². The third-order valence-electron chi connectivity index (χ3n) is 6.66. The summed E-state index contributed by atoms with van der Waals surface area (Å²) in [6.07, 6.45) is -2.35. The van der Waals surface area contributed by atoms with Crippen LogP contribution in [0.25, 0.3) is 0 Å². The number of esters is 1. The van der Waals surface area contributed by atoms with E-state index in [2.05, 4.69) is 55.4 Å². The number of ether oxygens (including phenoxy) is 3. The topological polar surface area (TPSA) is 72.5 Å². The molecule has 0 spiro atoms. The molecule has 0 unspecified atom stereocenters. The third kappa shape index (κ3) is 5.27. The van der Waals surface area contributed by atoms with E-state index in [1.165, 1.54) is 0 Å². The van der Waals surface area contributed by atoms with Gasteiger partial charge in [0.1, 0.15) is 11.9 Å². The Labute approximate surface area is 210 Å². The lowest BCUT2D eigenvalue weighted by Crippen LogP contribution is -2.66. The van der Waals surface area contributed by atoms with Crippen LogP contribution >= 0.6 is 12.2 Å². The molecule has 2 saturated heterocycles. The predicted octanol–water partition coefficient (Wildman–Crippen LogP) is 5.62. The fourth-order valence-corrected chi connectivity index (χ4v) is 16.2. The first-order valence-corrected chi connectivity index (χ1v) is 16.4. The highest BCUT2D eigenvalue weighted by Gasteiger charge is 2.62. The summed E-state index contributed by atoms with van der Waals surface area (Å²) in [6, 6.07) is 9.05. The SMILES string of the molecule is CC(C)[Si]1(C(C)C)OC[C@H]2OC(=O)[C@H](OC(=S)Oc3ccccc3)[C@@H]2O[Si](C(C)C)(C(C)C)O1. The fraction of sp³-hybridized carbons (Fsp3) is 0.667. The van der Waals surface area contributed by atoms with Gasteiger partial charge in [-0.3, -0.25) is 0 Å². The molecule has 2 aliphatic heterocycles. The van der Waals surface area contributed by atoms with Gasteiger partial charge in [-0.05, 0) is 34.3 Å². The summed E-state index contributed by atoms with van der Waals surface area (Å²) < 4.78 is 37.8. The lowest BCUT2D eigenvalue weighted by molar-refractivity contribution is -0.148. The van der Waals surface area contributed by atoms with Crippen LogP contribution in [0.15, 0.2) is 30.3 Å². The normalized spacial score (nSPS) is 26.2. The van der Waals surface area contributed by atoms with Crippen molar-refractivity contribution >= 4 is 40.5 Å². The molecule has 0 N–H and O–H groups in total. The molecule has 2 fully saturated rings. The molecular formula is C24H38O7SSi2. The van der Waals surface area contributed by atoms with Crippen molar-refractivity contribution in [1.82, 2.24) is 0 Å². The number of fused-ring (bicyclic) bond motifs is 1. The molecule has 0 aromatic heterocycles. The highest BCUT2D eigenvalue weighted by Crippen LogP contribution is 2.47. The zero-order chi connectivity index (χ0) is 25.3. The lowest BCUT2D eigenvalue weighted by Gasteiger charge is -2.51. The van der Waals surface area contributed by atoms with Crippen molar-refractivity contribution in [2.75, 3.05) is 6.61 Å². The maximum absolute atomic E-state index is 12.9. The summed E-state index contributed by atoms with van der Waals surface area (Å²) in [7, 11) is -5.64. The average molecular weight is 527 g/mol. The highest BCUT2D eigenvalue weighted by atomic mass is 32.1. The van der Waals surface area contributed by atoms with Gasteiger partial charge in [-0.15, -0.1) is 0 Å². The number of rotatable bonds is 6. The molecule has 190 valence electrons. The van der Waals surface area contributed by atoms with Gasteiger partial charge in [-0.1, -0.05) is 73.6 Å². The molecular weight excluding hydrogens is 488 g/mol. The number of thiocarbonyl (C=S) groups is 1. The summed E-state index contributed by atoms with van der Waals surface area (Å²) in [5.74, 6) is -0.00492. The molecule has 7 nitrogen and oxygen atoms in total. The Kier molecular flexibility index (Phi) is 8.63. The van der Waals surface area contributed by atoms with Gasteiger partial charge in [-0.2, -0.15) is 0 Å². The molecule has 3 rings (SSSR count). The van der Waals surface area contributed by atoms with Gasteiger partial charge in [0.05, 0.1) is 6.61 Å². The van der Waals surface area contributed by atoms with Crippen LogP contribution in [-0.2, 0) is 27.2 Å². The van der Waals surface area contributed by atoms with Gasteiger partial charge in [0.25, 0.3) is 0 Å². The van der Waals surface area contributed by atoms with Crippen molar-refractivity contribution in [2.24, 2.45) is 0 Å². The second kappa shape index (κ2) is 10.8. The van der Waals surface area contributed by atoms with Gasteiger partial charge in [0, 0.05) is 12.2 Å². The van der Waals surface area contributed by atoms with E-state index in [1.54, 1.807) is 12.1 Å². The van der Waals surface area contributed by atoms with Gasteiger partial charge in [-0.25, -0.2) is 4.79 Å². The largest absolute Gasteiger partial charge is 0.454 e. The number of hydrogen-bond donors (Lipinski definition) is 0. The van der Waals surface area contributed by atoms with Crippen LogP contribution in [0.2, 0.25) is 22.2 Å². The Balaban J connectivity index is 1.93. The molecule has 1 aromatic rings. The number of carbonyl (C=O) groups excluding carboxylic acids is 1. The minimum absolute atomic E-state index is 0.114. The first-order chi connectivity index (χ1) is 15.9. The molecule has 0 saturated carbocycles. The molecule has 2 heterocycles. The zero-order valence-electron chi connectivity index (χ0n) is 21.4. The van der Waals surface area contributed by atoms with Crippen molar-refractivity contribution in [3.63, 3.8) is 0 Å². The standard InChI is InChI=1S/C24H38O7SSi2/c1-15(2)33(16(3)4)26-14-20-21(30-34(31-33,17(5)6)18(7)8)22(23(25)28-20)29-24(32)27-19-12-10-9-11-13-19/h9-13,15-18,20-22H,14H2,1-8H3/t20-,21-,22-/m1/s1. The third-order valence-corrected chi connectivity index (χ3v) is 17.1. The van der Waals surface area contributed by atoms with Crippen LogP contribution in [0.4, 0.5) is 0 Å². The Bertz CT molecular complexity index is 846. The number of para-hydroxylation sites is 1. The number of benzene rings is 1. The Morgan fingerprint density at radius 1 is 0.941 bits per heavy atom. The van der Waals surface area contributed by atoms with Crippen LogP contribution in [0.3, 0.4) is 0 Å². The van der Waals surface area contributed by atoms with Crippen molar-refractivity contribution < 1.29 is 32.0 Å². The first kappa shape index (κ1) is 27.3. The Morgan fingerprint density at radius 2 is 1.50 bits per heavy atom. The monoisotopic (exact) mass is 526 g/mol. The molecule has 3 atom stereocenters. The van der Waals surface area contributed by atoms with E-state index in [0.717, 1.165) is 0 Å². The fourth-order valence-electron chi connectivity index (χ4n) is 4.84. The smallest absolute Gasteiger partial charge is 0.358 e. The molecule has 0 amide bonds. The van der Waals surface area contributed by atoms with E-state index in [-0.39, 0.29) is 34.0 Å². The van der Waals surface area contributed by atoms with E-state index in [0.29, 0.717) is 5.75 Å². The van der Waals surface area contributed by atoms with Gasteiger partial charge >= 0.3 is 28.3 Å². The van der Waals surface area contributed by atoms with Crippen molar-refractivity contribution in [1.29, 1.82) is 0 Å². The average Bonchev–Trinajstić information content (AvgIpc) is 3.01. The Morgan fingerprint density at radius 3 is 2.03 bits per heavy atom. The van der Waals surface area contributed by atoms with Crippen LogP contribution in [-0.4, -0.2) is 53.2 Å². The van der Waals surface area contributed by atoms with Gasteiger partial charge < -0.3 is 27.2 Å². The number of hydrogen-bond acceptors (Lipinski definition) is 8. The maximum atomic E-state index is 12.9. The first-order valence-electron chi connectivity index (χ1n) is 12.1. The van der Waals surface area contributed by atoms with Crippen LogP contribution in [0.1, 0.15) is 55.4 Å². The summed E-state index contributed by atoms with van der Waals surface area (Å²) >= 11 is 5.29. The molecule has 1 aromatic carbocycles. The number of carbonyl (C=O) groups is 1. The molecule has 2 aliphatic rings. The second-order valence-electron chi connectivity index (χ2n) is 10.2. The van der Waals surface area contributed by atoms with Crippen LogP contribution < -0.4 is 4.74 Å². The van der Waals surface area contributed by atoms with Crippen molar-refractivity contribution in [2.45, 2.75) is 95.9 Å². The highest BCUT2D eigenvalue weighted by molar-refractivity contribution is 7.79. The lowest BCUT2D eigenvalue weighted by atomic mass is 10.1.